The van der Waals surface area contributed by atoms with E-state index in [0.29, 0.717) is 0 Å². The van der Waals surface area contributed by atoms with Crippen LogP contribution in [0, 0.1) is 0 Å². The van der Waals surface area contributed by atoms with Gasteiger partial charge in [-0.25, -0.2) is 0 Å². The van der Waals surface area contributed by atoms with Crippen molar-refractivity contribution in [3.8, 4) is 89.0 Å². The van der Waals surface area contributed by atoms with Crippen LogP contribution in [0.3, 0.4) is 0 Å². The second-order valence-corrected chi connectivity index (χ2v) is 26.5. The van der Waals surface area contributed by atoms with Gasteiger partial charge >= 0.3 is 0 Å². The summed E-state index contributed by atoms with van der Waals surface area (Å²) in [6, 6.07) is 143. The minimum atomic E-state index is 1.21. The highest BCUT2D eigenvalue weighted by atomic mass is 14.3. The average molecular weight is 1270 g/mol. The Bertz CT molecular complexity index is 6620. The van der Waals surface area contributed by atoms with Crippen LogP contribution >= 0.6 is 0 Å². The molecule has 0 amide bonds. The molecule has 0 radical (unpaired) electrons. The van der Waals surface area contributed by atoms with E-state index in [-0.39, 0.29) is 0 Å². The molecule has 0 saturated heterocycles. The molecule has 0 unspecified atom stereocenters. The van der Waals surface area contributed by atoms with E-state index in [1.165, 1.54) is 197 Å². The van der Waals surface area contributed by atoms with Gasteiger partial charge in [0.25, 0.3) is 0 Å². The molecule has 0 aliphatic heterocycles. The van der Waals surface area contributed by atoms with Gasteiger partial charge in [-0.1, -0.05) is 358 Å². The smallest absolute Gasteiger partial charge is 0.00199 e. The molecule has 0 heterocycles. The van der Waals surface area contributed by atoms with Gasteiger partial charge < -0.3 is 0 Å². The van der Waals surface area contributed by atoms with Crippen molar-refractivity contribution in [2.45, 2.75) is 0 Å². The molecule has 0 aliphatic rings. The van der Waals surface area contributed by atoms with Crippen molar-refractivity contribution >= 4 is 108 Å². The van der Waals surface area contributed by atoms with Crippen molar-refractivity contribution in [3.63, 3.8) is 0 Å². The summed E-state index contributed by atoms with van der Waals surface area (Å²) in [5.74, 6) is 0. The van der Waals surface area contributed by atoms with Crippen LogP contribution in [0.15, 0.2) is 388 Å². The van der Waals surface area contributed by atoms with E-state index in [9.17, 15) is 0 Å². The topological polar surface area (TPSA) is 0 Å². The van der Waals surface area contributed by atoms with Gasteiger partial charge in [-0.05, 0) is 227 Å². The van der Waals surface area contributed by atoms with Gasteiger partial charge in [-0.15, -0.1) is 0 Å². The van der Waals surface area contributed by atoms with Crippen molar-refractivity contribution in [1.82, 2.24) is 0 Å². The van der Waals surface area contributed by atoms with E-state index in [4.69, 9.17) is 0 Å². The zero-order valence-corrected chi connectivity index (χ0v) is 55.0. The first kappa shape index (κ1) is 58.4. The molecule has 20 rings (SSSR count). The van der Waals surface area contributed by atoms with Crippen LogP contribution in [0.5, 0.6) is 0 Å². The summed E-state index contributed by atoms with van der Waals surface area (Å²) >= 11 is 0. The first-order valence-corrected chi connectivity index (χ1v) is 34.7. The van der Waals surface area contributed by atoms with Crippen molar-refractivity contribution in [2.75, 3.05) is 0 Å². The number of rotatable bonds is 8. The van der Waals surface area contributed by atoms with Gasteiger partial charge in [-0.3, -0.25) is 0 Å². The molecule has 0 heteroatoms. The van der Waals surface area contributed by atoms with E-state index in [0.717, 1.165) is 0 Å². The third-order valence-electron chi connectivity index (χ3n) is 20.9. The van der Waals surface area contributed by atoms with E-state index >= 15 is 0 Å². The molecule has 0 atom stereocenters. The lowest BCUT2D eigenvalue weighted by Crippen LogP contribution is -1.93. The SMILES string of the molecule is c1cc(-c2ccc3ccccc3c2)cc(-c2ccc3c(-c4cccc5ccccc45)c4ccccc4c(-c4cccc5ccccc45)c3c2)c1.c1ccc2cc(-c3ccc(-c4ccc5c(-c6cccc7ccccc67)c6ccccc6c(-c6cccc7ccccc67)c5c4)cc3)ccc2c1. The molecule has 0 spiro atoms. The molecule has 0 nitrogen and oxygen atoms in total. The zero-order valence-electron chi connectivity index (χ0n) is 55.0. The fourth-order valence-electron chi connectivity index (χ4n) is 16.1. The average Bonchev–Trinajstić information content (AvgIpc) is 0.726. The van der Waals surface area contributed by atoms with Crippen molar-refractivity contribution in [1.29, 1.82) is 0 Å². The second-order valence-electron chi connectivity index (χ2n) is 26.5. The Hall–Kier alpha value is -13.0. The Labute approximate surface area is 581 Å². The van der Waals surface area contributed by atoms with Crippen molar-refractivity contribution in [3.05, 3.63) is 388 Å². The van der Waals surface area contributed by atoms with E-state index in [1.54, 1.807) is 0 Å². The highest BCUT2D eigenvalue weighted by Crippen LogP contribution is 2.50. The lowest BCUT2D eigenvalue weighted by molar-refractivity contribution is 1.61. The van der Waals surface area contributed by atoms with E-state index in [1.807, 2.05) is 0 Å². The maximum absolute atomic E-state index is 2.44. The quantitative estimate of drug-likeness (QED) is 0.133. The minimum absolute atomic E-state index is 1.21. The van der Waals surface area contributed by atoms with E-state index < -0.39 is 0 Å². The monoisotopic (exact) mass is 1260 g/mol. The van der Waals surface area contributed by atoms with Gasteiger partial charge in [0.15, 0.2) is 0 Å². The normalized spacial score (nSPS) is 11.6. The molecular formula is C100H64. The predicted molar refractivity (Wildman–Crippen MR) is 431 cm³/mol. The number of hydrogen-bond acceptors (Lipinski definition) is 0. The molecule has 0 saturated carbocycles. The third-order valence-corrected chi connectivity index (χ3v) is 20.9. The molecule has 20 aromatic carbocycles. The minimum Gasteiger partial charge on any atom is -0.0616 e. The number of hydrogen-bond donors (Lipinski definition) is 0. The summed E-state index contributed by atoms with van der Waals surface area (Å²) in [6.07, 6.45) is 0. The maximum atomic E-state index is 2.44. The van der Waals surface area contributed by atoms with Crippen LogP contribution in [0.2, 0.25) is 0 Å². The third kappa shape index (κ3) is 10.2. The van der Waals surface area contributed by atoms with Crippen LogP contribution < -0.4 is 0 Å². The van der Waals surface area contributed by atoms with Gasteiger partial charge in [0, 0.05) is 0 Å². The summed E-state index contributed by atoms with van der Waals surface area (Å²) in [4.78, 5) is 0. The van der Waals surface area contributed by atoms with Gasteiger partial charge in [0.2, 0.25) is 0 Å². The molecule has 464 valence electrons. The summed E-state index contributed by atoms with van der Waals surface area (Å²) in [6.45, 7) is 0. The van der Waals surface area contributed by atoms with Crippen LogP contribution in [-0.2, 0) is 0 Å². The molecular weight excluding hydrogens is 1200 g/mol. The highest BCUT2D eigenvalue weighted by molar-refractivity contribution is 6.28. The predicted octanol–water partition coefficient (Wildman–Crippen LogP) is 28.2. The number of fused-ring (bicyclic) bond motifs is 10. The lowest BCUT2D eigenvalue weighted by atomic mass is 9.83. The summed E-state index contributed by atoms with van der Waals surface area (Å²) in [5.41, 5.74) is 19.9. The molecule has 0 aliphatic carbocycles. The lowest BCUT2D eigenvalue weighted by Gasteiger charge is -2.20. The van der Waals surface area contributed by atoms with E-state index in [2.05, 4.69) is 388 Å². The Kier molecular flexibility index (Phi) is 14.3. The Morgan fingerprint density at radius 1 is 0.100 bits per heavy atom. The zero-order chi connectivity index (χ0) is 66.0. The number of benzene rings is 20. The summed E-state index contributed by atoms with van der Waals surface area (Å²) in [7, 11) is 0. The van der Waals surface area contributed by atoms with Crippen molar-refractivity contribution < 1.29 is 0 Å². The molecule has 100 heavy (non-hydrogen) atoms. The van der Waals surface area contributed by atoms with Gasteiger partial charge in [0.1, 0.15) is 0 Å². The first-order valence-electron chi connectivity index (χ1n) is 34.7. The van der Waals surface area contributed by atoms with Crippen LogP contribution in [0.25, 0.3) is 197 Å². The Morgan fingerprint density at radius 2 is 0.320 bits per heavy atom. The van der Waals surface area contributed by atoms with Crippen LogP contribution in [-0.4, -0.2) is 0 Å². The standard InChI is InChI=1S/2C50H32/c1-2-15-36-30-39(27-26-33(36)12-1)37-18-9-19-38(31-37)40-28-29-47-48(32-40)50(44-25-11-17-35-14-4-6-21-42(35)44)46-23-8-7-22-45(46)49(47)43-24-10-16-34-13-3-5-20-41(34)43;1-2-14-38-31-39(28-27-33(38)11-1)34-23-25-35(26-24-34)40-29-30-47-48(32-40)50(44-22-10-16-37-13-4-6-18-42(37)44)46-20-8-7-19-45(46)49(47)43-21-9-15-36-12-3-5-17-41(36)43/h2*1-32H. The fourth-order valence-corrected chi connectivity index (χ4v) is 16.1. The molecule has 0 aromatic heterocycles. The molecule has 0 N–H and O–H groups in total. The van der Waals surface area contributed by atoms with Crippen molar-refractivity contribution in [2.24, 2.45) is 0 Å². The largest absolute Gasteiger partial charge is 0.0616 e. The second kappa shape index (κ2) is 24.6. The molecule has 20 aromatic rings. The summed E-state index contributed by atoms with van der Waals surface area (Å²) in [5, 5.41) is 25.2. The van der Waals surface area contributed by atoms with Gasteiger partial charge in [0.05, 0.1) is 0 Å². The maximum Gasteiger partial charge on any atom is -0.00199 e. The first-order chi connectivity index (χ1) is 49.6. The molecule has 0 fully saturated rings. The Balaban J connectivity index is 0.000000139. The highest BCUT2D eigenvalue weighted by Gasteiger charge is 2.23. The van der Waals surface area contributed by atoms with Crippen LogP contribution in [0.4, 0.5) is 0 Å². The molecule has 0 bridgehead atoms. The summed E-state index contributed by atoms with van der Waals surface area (Å²) < 4.78 is 0. The Morgan fingerprint density at radius 3 is 0.680 bits per heavy atom. The fraction of sp³-hybridized carbons (Fsp3) is 0. The van der Waals surface area contributed by atoms with Gasteiger partial charge in [-0.2, -0.15) is 0 Å². The van der Waals surface area contributed by atoms with Crippen LogP contribution in [0.1, 0.15) is 0 Å².